The zero-order valence-corrected chi connectivity index (χ0v) is 16.0. The second-order valence-corrected chi connectivity index (χ2v) is 7.56. The minimum absolute atomic E-state index is 0.000705. The van der Waals surface area contributed by atoms with Crippen molar-refractivity contribution < 1.29 is 18.0 Å². The molecular formula is C20H18F3N3OS. The zero-order valence-electron chi connectivity index (χ0n) is 15.2. The molecule has 4 nitrogen and oxygen atoms in total. The Labute approximate surface area is 165 Å². The van der Waals surface area contributed by atoms with Gasteiger partial charge in [-0.2, -0.15) is 18.4 Å². The maximum absolute atomic E-state index is 13.1. The maximum atomic E-state index is 13.1. The van der Waals surface area contributed by atoms with Crippen molar-refractivity contribution in [3.05, 3.63) is 52.7 Å². The molecule has 0 radical (unpaired) electrons. The average molecular weight is 405 g/mol. The predicted octanol–water partition coefficient (Wildman–Crippen LogP) is 4.74. The largest absolute Gasteiger partial charge is 0.417 e. The molecule has 0 saturated carbocycles. The van der Waals surface area contributed by atoms with Crippen LogP contribution in [0.5, 0.6) is 0 Å². The van der Waals surface area contributed by atoms with E-state index in [-0.39, 0.29) is 16.6 Å². The third-order valence-electron chi connectivity index (χ3n) is 4.49. The van der Waals surface area contributed by atoms with Gasteiger partial charge in [-0.05, 0) is 37.5 Å². The molecule has 28 heavy (non-hydrogen) atoms. The van der Waals surface area contributed by atoms with Gasteiger partial charge in [0.1, 0.15) is 11.1 Å². The van der Waals surface area contributed by atoms with Gasteiger partial charge in [-0.1, -0.05) is 18.2 Å². The number of aryl methyl sites for hydroxylation is 1. The number of alkyl halides is 3. The fourth-order valence-corrected chi connectivity index (χ4v) is 4.20. The number of rotatable bonds is 5. The van der Waals surface area contributed by atoms with E-state index in [9.17, 15) is 23.2 Å². The van der Waals surface area contributed by atoms with Crippen LogP contribution in [0.4, 0.5) is 18.9 Å². The lowest BCUT2D eigenvalue weighted by Crippen LogP contribution is -2.28. The van der Waals surface area contributed by atoms with Gasteiger partial charge in [0.25, 0.3) is 0 Å². The van der Waals surface area contributed by atoms with E-state index in [1.165, 1.54) is 6.92 Å². The van der Waals surface area contributed by atoms with Gasteiger partial charge in [0.2, 0.25) is 5.91 Å². The topological polar surface area (TPSA) is 57.0 Å². The van der Waals surface area contributed by atoms with Crippen molar-refractivity contribution >= 4 is 23.4 Å². The molecule has 8 heteroatoms. The van der Waals surface area contributed by atoms with Crippen molar-refractivity contribution in [2.75, 3.05) is 17.2 Å². The Morgan fingerprint density at radius 1 is 1.36 bits per heavy atom. The normalized spacial score (nSPS) is 13.3. The highest BCUT2D eigenvalue weighted by Crippen LogP contribution is 2.36. The number of halogens is 3. The van der Waals surface area contributed by atoms with Crippen LogP contribution in [-0.2, 0) is 17.4 Å². The Morgan fingerprint density at radius 2 is 2.11 bits per heavy atom. The third-order valence-corrected chi connectivity index (χ3v) is 5.56. The van der Waals surface area contributed by atoms with Crippen LogP contribution in [-0.4, -0.2) is 23.2 Å². The Kier molecular flexibility index (Phi) is 5.94. The molecule has 0 bridgehead atoms. The molecule has 146 valence electrons. The number of hydrogen-bond acceptors (Lipinski definition) is 4. The van der Waals surface area contributed by atoms with E-state index in [0.29, 0.717) is 25.1 Å². The van der Waals surface area contributed by atoms with Gasteiger partial charge >= 0.3 is 6.18 Å². The number of anilines is 1. The fourth-order valence-electron chi connectivity index (χ4n) is 3.21. The quantitative estimate of drug-likeness (QED) is 0.533. The van der Waals surface area contributed by atoms with Gasteiger partial charge in [0.15, 0.2) is 0 Å². The first-order valence-corrected chi connectivity index (χ1v) is 9.80. The van der Waals surface area contributed by atoms with Crippen LogP contribution in [0.15, 0.2) is 35.4 Å². The monoisotopic (exact) mass is 405 g/mol. The number of carbonyl (C=O) groups is 1. The lowest BCUT2D eigenvalue weighted by Gasteiger charge is -2.17. The van der Waals surface area contributed by atoms with E-state index in [4.69, 9.17) is 0 Å². The van der Waals surface area contributed by atoms with E-state index in [2.05, 4.69) is 4.98 Å². The fraction of sp³-hybridized carbons (Fsp3) is 0.350. The van der Waals surface area contributed by atoms with Crippen LogP contribution in [0.25, 0.3) is 0 Å². The molecule has 3 rings (SSSR count). The summed E-state index contributed by atoms with van der Waals surface area (Å²) in [4.78, 5) is 18.3. The Hall–Kier alpha value is -2.53. The van der Waals surface area contributed by atoms with Gasteiger partial charge in [0.05, 0.1) is 11.1 Å². The number of thioether (sulfide) groups is 1. The zero-order chi connectivity index (χ0) is 20.3. The van der Waals surface area contributed by atoms with Crippen LogP contribution in [0, 0.1) is 18.3 Å². The molecule has 1 aliphatic heterocycles. The number of benzene rings is 1. The molecule has 0 spiro atoms. The minimum Gasteiger partial charge on any atom is -0.312 e. The number of nitrogens with zero attached hydrogens (tertiary/aromatic N) is 3. The first-order valence-electron chi connectivity index (χ1n) is 8.81. The van der Waals surface area contributed by atoms with Crippen molar-refractivity contribution in [2.24, 2.45) is 0 Å². The molecule has 1 aromatic heterocycles. The van der Waals surface area contributed by atoms with Crippen molar-refractivity contribution in [3.63, 3.8) is 0 Å². The van der Waals surface area contributed by atoms with Crippen LogP contribution < -0.4 is 4.90 Å². The number of amides is 1. The van der Waals surface area contributed by atoms with Gasteiger partial charge in [-0.25, -0.2) is 4.98 Å². The number of hydrogen-bond donors (Lipinski definition) is 0. The first-order chi connectivity index (χ1) is 13.3. The number of aromatic nitrogens is 1. The highest BCUT2D eigenvalue weighted by molar-refractivity contribution is 7.99. The van der Waals surface area contributed by atoms with E-state index in [1.807, 2.05) is 24.3 Å². The van der Waals surface area contributed by atoms with Crippen molar-refractivity contribution in [3.8, 4) is 6.07 Å². The van der Waals surface area contributed by atoms with Crippen LogP contribution in [0.3, 0.4) is 0 Å². The molecule has 1 aromatic carbocycles. The van der Waals surface area contributed by atoms with Crippen LogP contribution in [0.1, 0.15) is 35.2 Å². The number of carbonyl (C=O) groups excluding carboxylic acids is 1. The summed E-state index contributed by atoms with van der Waals surface area (Å²) < 4.78 is 39.4. The highest BCUT2D eigenvalue weighted by Gasteiger charge is 2.35. The number of pyridine rings is 1. The molecule has 0 saturated heterocycles. The summed E-state index contributed by atoms with van der Waals surface area (Å²) in [7, 11) is 0. The molecule has 2 aromatic rings. The number of para-hydroxylation sites is 1. The predicted molar refractivity (Wildman–Crippen MR) is 101 cm³/mol. The van der Waals surface area contributed by atoms with Crippen LogP contribution in [0.2, 0.25) is 0 Å². The summed E-state index contributed by atoms with van der Waals surface area (Å²) in [6.07, 6.45) is -2.99. The van der Waals surface area contributed by atoms with Crippen molar-refractivity contribution in [1.82, 2.24) is 4.98 Å². The van der Waals surface area contributed by atoms with E-state index in [0.717, 1.165) is 35.5 Å². The second kappa shape index (κ2) is 8.23. The summed E-state index contributed by atoms with van der Waals surface area (Å²) in [5.74, 6) is 0.406. The standard InChI is InChI=1S/C20H18F3N3OS/c1-13-11-16(20(21,22)23)15(12-24)19(25-13)28-10-4-7-18(27)26-9-8-14-5-2-3-6-17(14)26/h2-3,5-6,11H,4,7-10H2,1H3. The van der Waals surface area contributed by atoms with Gasteiger partial charge in [0, 0.05) is 30.1 Å². The summed E-state index contributed by atoms with van der Waals surface area (Å²) in [6.45, 7) is 2.12. The number of nitriles is 1. The maximum Gasteiger partial charge on any atom is 0.417 e. The molecule has 0 aliphatic carbocycles. The molecule has 2 heterocycles. The Balaban J connectivity index is 1.61. The minimum atomic E-state index is -4.60. The van der Waals surface area contributed by atoms with Gasteiger partial charge in [-0.15, -0.1) is 11.8 Å². The smallest absolute Gasteiger partial charge is 0.312 e. The second-order valence-electron chi connectivity index (χ2n) is 6.48. The lowest BCUT2D eigenvalue weighted by atomic mass is 10.1. The highest BCUT2D eigenvalue weighted by atomic mass is 32.2. The summed E-state index contributed by atoms with van der Waals surface area (Å²) in [6, 6.07) is 10.3. The molecule has 0 atom stereocenters. The van der Waals surface area contributed by atoms with Gasteiger partial charge in [-0.3, -0.25) is 4.79 Å². The lowest BCUT2D eigenvalue weighted by molar-refractivity contribution is -0.138. The molecule has 1 aliphatic rings. The average Bonchev–Trinajstić information content (AvgIpc) is 3.08. The SMILES string of the molecule is Cc1cc(C(F)(F)F)c(C#N)c(SCCCC(=O)N2CCc3ccccc32)n1. The molecule has 0 fully saturated rings. The molecular weight excluding hydrogens is 387 g/mol. The number of fused-ring (bicyclic) bond motifs is 1. The molecule has 1 amide bonds. The van der Waals surface area contributed by atoms with E-state index >= 15 is 0 Å². The third kappa shape index (κ3) is 4.30. The first kappa shape index (κ1) is 20.2. The molecule has 0 unspecified atom stereocenters. The van der Waals surface area contributed by atoms with Crippen molar-refractivity contribution in [1.29, 1.82) is 5.26 Å². The van der Waals surface area contributed by atoms with E-state index < -0.39 is 17.3 Å². The van der Waals surface area contributed by atoms with Crippen LogP contribution >= 0.6 is 11.8 Å². The van der Waals surface area contributed by atoms with E-state index in [1.54, 1.807) is 11.0 Å². The molecule has 0 N–H and O–H groups in total. The summed E-state index contributed by atoms with van der Waals surface area (Å²) in [5, 5.41) is 9.23. The summed E-state index contributed by atoms with van der Waals surface area (Å²) >= 11 is 1.08. The Morgan fingerprint density at radius 3 is 2.82 bits per heavy atom. The van der Waals surface area contributed by atoms with Crippen molar-refractivity contribution in [2.45, 2.75) is 37.4 Å². The summed E-state index contributed by atoms with van der Waals surface area (Å²) in [5.41, 5.74) is 0.867. The van der Waals surface area contributed by atoms with Gasteiger partial charge < -0.3 is 4.90 Å². The Bertz CT molecular complexity index is 937.